The third-order valence-corrected chi connectivity index (χ3v) is 5.44. The largest absolute Gasteiger partial charge is 0.497 e. The molecule has 9 nitrogen and oxygen atoms in total. The molecule has 0 spiro atoms. The van der Waals surface area contributed by atoms with Crippen molar-refractivity contribution in [3.05, 3.63) is 59.2 Å². The van der Waals surface area contributed by atoms with E-state index >= 15 is 0 Å². The van der Waals surface area contributed by atoms with Gasteiger partial charge in [0.25, 0.3) is 5.91 Å². The first kappa shape index (κ1) is 20.5. The Bertz CT molecular complexity index is 1050. The molecule has 160 valence electrons. The van der Waals surface area contributed by atoms with E-state index in [1.807, 2.05) is 11.0 Å². The van der Waals surface area contributed by atoms with Crippen molar-refractivity contribution in [2.75, 3.05) is 12.4 Å². The minimum absolute atomic E-state index is 0.246. The SMILES string of the molecule is COc1ccc(NC(=O)NC(=O)c2ccc3c(c2)CN(C2CCC(=O)NC2=O)C3)cc1. The predicted octanol–water partition coefficient (Wildman–Crippen LogP) is 1.78. The van der Waals surface area contributed by atoms with E-state index in [1.165, 1.54) is 0 Å². The minimum atomic E-state index is -0.638. The number of urea groups is 1. The number of hydrogen-bond donors (Lipinski definition) is 3. The average molecular weight is 422 g/mol. The van der Waals surface area contributed by atoms with E-state index in [0.717, 1.165) is 11.1 Å². The van der Waals surface area contributed by atoms with E-state index in [0.29, 0.717) is 42.9 Å². The van der Waals surface area contributed by atoms with Crippen LogP contribution in [0.2, 0.25) is 0 Å². The number of fused-ring (bicyclic) bond motifs is 1. The Balaban J connectivity index is 1.37. The Kier molecular flexibility index (Phi) is 5.68. The van der Waals surface area contributed by atoms with Crippen molar-refractivity contribution in [2.24, 2.45) is 0 Å². The molecule has 0 aromatic heterocycles. The van der Waals surface area contributed by atoms with Crippen LogP contribution in [0.3, 0.4) is 0 Å². The summed E-state index contributed by atoms with van der Waals surface area (Å²) in [5.41, 5.74) is 2.82. The van der Waals surface area contributed by atoms with Gasteiger partial charge in [0.2, 0.25) is 11.8 Å². The highest BCUT2D eigenvalue weighted by atomic mass is 16.5. The van der Waals surface area contributed by atoms with Crippen molar-refractivity contribution in [1.82, 2.24) is 15.5 Å². The molecule has 4 rings (SSSR count). The first-order chi connectivity index (χ1) is 14.9. The summed E-state index contributed by atoms with van der Waals surface area (Å²) >= 11 is 0. The number of nitrogens with one attached hydrogen (secondary N) is 3. The maximum atomic E-state index is 12.5. The van der Waals surface area contributed by atoms with Gasteiger partial charge in [0.05, 0.1) is 13.2 Å². The van der Waals surface area contributed by atoms with Gasteiger partial charge in [-0.25, -0.2) is 4.79 Å². The number of piperidine rings is 1. The highest BCUT2D eigenvalue weighted by Crippen LogP contribution is 2.28. The molecule has 2 heterocycles. The molecule has 3 N–H and O–H groups in total. The second kappa shape index (κ2) is 8.57. The molecule has 2 aliphatic rings. The molecule has 9 heteroatoms. The Hall–Kier alpha value is -3.72. The van der Waals surface area contributed by atoms with Gasteiger partial charge in [-0.05, 0) is 53.9 Å². The van der Waals surface area contributed by atoms with E-state index in [2.05, 4.69) is 16.0 Å². The fourth-order valence-electron chi connectivity index (χ4n) is 3.82. The van der Waals surface area contributed by atoms with Crippen LogP contribution in [0.5, 0.6) is 5.75 Å². The Morgan fingerprint density at radius 2 is 1.81 bits per heavy atom. The molecule has 1 atom stereocenters. The number of anilines is 1. The Morgan fingerprint density at radius 1 is 1.06 bits per heavy atom. The third kappa shape index (κ3) is 4.56. The van der Waals surface area contributed by atoms with Crippen molar-refractivity contribution in [2.45, 2.75) is 32.0 Å². The number of nitrogens with zero attached hydrogens (tertiary/aromatic N) is 1. The van der Waals surface area contributed by atoms with Crippen LogP contribution in [0.15, 0.2) is 42.5 Å². The van der Waals surface area contributed by atoms with Gasteiger partial charge in [0.1, 0.15) is 5.75 Å². The normalized spacial score (nSPS) is 18.2. The first-order valence-corrected chi connectivity index (χ1v) is 9.89. The topological polar surface area (TPSA) is 117 Å². The lowest BCUT2D eigenvalue weighted by Gasteiger charge is -2.29. The summed E-state index contributed by atoms with van der Waals surface area (Å²) in [5.74, 6) is -0.387. The van der Waals surface area contributed by atoms with Gasteiger partial charge in [-0.3, -0.25) is 29.9 Å². The van der Waals surface area contributed by atoms with E-state index in [4.69, 9.17) is 4.74 Å². The molecule has 0 radical (unpaired) electrons. The van der Waals surface area contributed by atoms with E-state index in [1.54, 1.807) is 43.5 Å². The van der Waals surface area contributed by atoms with Crippen molar-refractivity contribution < 1.29 is 23.9 Å². The zero-order chi connectivity index (χ0) is 22.0. The fraction of sp³-hybridized carbons (Fsp3) is 0.273. The molecule has 2 aromatic rings. The monoisotopic (exact) mass is 422 g/mol. The molecule has 2 aromatic carbocycles. The van der Waals surface area contributed by atoms with Gasteiger partial charge < -0.3 is 10.1 Å². The predicted molar refractivity (Wildman–Crippen MR) is 111 cm³/mol. The van der Waals surface area contributed by atoms with Crippen molar-refractivity contribution in [3.63, 3.8) is 0 Å². The number of hydrogen-bond acceptors (Lipinski definition) is 6. The minimum Gasteiger partial charge on any atom is -0.497 e. The van der Waals surface area contributed by atoms with Crippen LogP contribution in [-0.4, -0.2) is 41.8 Å². The molecule has 5 amide bonds. The maximum Gasteiger partial charge on any atom is 0.326 e. The molecule has 31 heavy (non-hydrogen) atoms. The third-order valence-electron chi connectivity index (χ3n) is 5.44. The number of imide groups is 2. The summed E-state index contributed by atoms with van der Waals surface area (Å²) in [5, 5.41) is 7.29. The van der Waals surface area contributed by atoms with Crippen LogP contribution in [0.4, 0.5) is 10.5 Å². The van der Waals surface area contributed by atoms with E-state index in [9.17, 15) is 19.2 Å². The van der Waals surface area contributed by atoms with Gasteiger partial charge >= 0.3 is 6.03 Å². The molecular weight excluding hydrogens is 400 g/mol. The summed E-state index contributed by atoms with van der Waals surface area (Å²) in [6, 6.07) is 11.0. The Morgan fingerprint density at radius 3 is 2.52 bits per heavy atom. The lowest BCUT2D eigenvalue weighted by molar-refractivity contribution is -0.137. The van der Waals surface area contributed by atoms with Crippen LogP contribution in [0, 0.1) is 0 Å². The summed E-state index contributed by atoms with van der Waals surface area (Å²) in [6.45, 7) is 1.07. The van der Waals surface area contributed by atoms with Gasteiger partial charge in [0.15, 0.2) is 0 Å². The number of amides is 5. The Labute approximate surface area is 178 Å². The summed E-state index contributed by atoms with van der Waals surface area (Å²) < 4.78 is 5.07. The number of methoxy groups -OCH3 is 1. The summed E-state index contributed by atoms with van der Waals surface area (Å²) in [7, 11) is 1.55. The lowest BCUT2D eigenvalue weighted by Crippen LogP contribution is -2.50. The van der Waals surface area contributed by atoms with E-state index in [-0.39, 0.29) is 17.9 Å². The summed E-state index contributed by atoms with van der Waals surface area (Å²) in [4.78, 5) is 50.2. The van der Waals surface area contributed by atoms with Crippen LogP contribution in [0.1, 0.15) is 34.3 Å². The lowest BCUT2D eigenvalue weighted by atomic mass is 10.0. The molecule has 0 saturated carbocycles. The molecule has 0 aliphatic carbocycles. The van der Waals surface area contributed by atoms with Gasteiger partial charge in [-0.1, -0.05) is 6.07 Å². The molecule has 1 fully saturated rings. The van der Waals surface area contributed by atoms with Crippen LogP contribution >= 0.6 is 0 Å². The second-order valence-electron chi connectivity index (χ2n) is 7.49. The zero-order valence-corrected chi connectivity index (χ0v) is 16.9. The molecule has 0 bridgehead atoms. The highest BCUT2D eigenvalue weighted by molar-refractivity contribution is 6.08. The van der Waals surface area contributed by atoms with Crippen LogP contribution in [0.25, 0.3) is 0 Å². The second-order valence-corrected chi connectivity index (χ2v) is 7.49. The first-order valence-electron chi connectivity index (χ1n) is 9.89. The van der Waals surface area contributed by atoms with Crippen molar-refractivity contribution >= 4 is 29.4 Å². The van der Waals surface area contributed by atoms with Crippen molar-refractivity contribution in [1.29, 1.82) is 0 Å². The molecular formula is C22H22N4O5. The van der Waals surface area contributed by atoms with Crippen molar-refractivity contribution in [3.8, 4) is 5.75 Å². The van der Waals surface area contributed by atoms with E-state index < -0.39 is 11.9 Å². The van der Waals surface area contributed by atoms with Crippen LogP contribution in [-0.2, 0) is 22.7 Å². The van der Waals surface area contributed by atoms with Gasteiger partial charge in [0, 0.05) is 30.8 Å². The quantitative estimate of drug-likeness (QED) is 0.647. The molecule has 1 saturated heterocycles. The van der Waals surface area contributed by atoms with Crippen LogP contribution < -0.4 is 20.7 Å². The maximum absolute atomic E-state index is 12.5. The molecule has 2 aliphatic heterocycles. The number of carbonyl (C=O) groups excluding carboxylic acids is 4. The summed E-state index contributed by atoms with van der Waals surface area (Å²) in [6.07, 6.45) is 0.803. The number of ether oxygens (including phenoxy) is 1. The smallest absolute Gasteiger partial charge is 0.326 e. The number of benzene rings is 2. The number of rotatable bonds is 4. The highest BCUT2D eigenvalue weighted by Gasteiger charge is 2.34. The molecule has 1 unspecified atom stereocenters. The average Bonchev–Trinajstić information content (AvgIpc) is 3.17. The van der Waals surface area contributed by atoms with Gasteiger partial charge in [-0.15, -0.1) is 0 Å². The van der Waals surface area contributed by atoms with Gasteiger partial charge in [-0.2, -0.15) is 0 Å². The number of carbonyl (C=O) groups is 4. The fourth-order valence-corrected chi connectivity index (χ4v) is 3.82. The standard InChI is InChI=1S/C22H22N4O5/c1-31-17-6-4-16(5-7-17)23-22(30)25-20(28)13-2-3-14-11-26(12-15(14)10-13)18-8-9-19(27)24-21(18)29/h2-7,10,18H,8-9,11-12H2,1H3,(H,24,27,29)(H2,23,25,28,30). The zero-order valence-electron chi connectivity index (χ0n) is 16.9.